The van der Waals surface area contributed by atoms with Crippen molar-refractivity contribution in [2.24, 2.45) is 5.92 Å². The van der Waals surface area contributed by atoms with Crippen LogP contribution in [0.1, 0.15) is 37.2 Å². The SMILES string of the molecule is CCC(=O)Nc1ccc(NC(=O)NC[C@H](C)Cn2nc(C)cc2C)cc1C. The lowest BCUT2D eigenvalue weighted by molar-refractivity contribution is -0.115. The predicted octanol–water partition coefficient (Wildman–Crippen LogP) is 3.61. The lowest BCUT2D eigenvalue weighted by Gasteiger charge is -2.15. The predicted molar refractivity (Wildman–Crippen MR) is 108 cm³/mol. The van der Waals surface area contributed by atoms with E-state index in [-0.39, 0.29) is 17.9 Å². The number of benzene rings is 1. The van der Waals surface area contributed by atoms with Crippen molar-refractivity contribution in [1.82, 2.24) is 15.1 Å². The molecule has 1 atom stereocenters. The highest BCUT2D eigenvalue weighted by Crippen LogP contribution is 2.20. The fourth-order valence-corrected chi connectivity index (χ4v) is 2.78. The Balaban J connectivity index is 1.83. The van der Waals surface area contributed by atoms with Crippen LogP contribution in [0.2, 0.25) is 0 Å². The van der Waals surface area contributed by atoms with Gasteiger partial charge in [-0.3, -0.25) is 9.48 Å². The van der Waals surface area contributed by atoms with Crippen molar-refractivity contribution in [1.29, 1.82) is 0 Å². The highest BCUT2D eigenvalue weighted by molar-refractivity contribution is 5.93. The van der Waals surface area contributed by atoms with E-state index in [0.717, 1.165) is 29.2 Å². The van der Waals surface area contributed by atoms with E-state index in [0.29, 0.717) is 18.7 Å². The molecule has 0 spiro atoms. The van der Waals surface area contributed by atoms with Crippen LogP contribution >= 0.6 is 0 Å². The summed E-state index contributed by atoms with van der Waals surface area (Å²) in [4.78, 5) is 23.6. The first kappa shape index (κ1) is 20.5. The Bertz CT molecular complexity index is 813. The maximum atomic E-state index is 12.1. The Kier molecular flexibility index (Phi) is 6.98. The second-order valence-electron chi connectivity index (χ2n) is 6.98. The molecule has 7 nitrogen and oxygen atoms in total. The van der Waals surface area contributed by atoms with E-state index in [1.807, 2.05) is 37.6 Å². The Morgan fingerprint density at radius 2 is 1.89 bits per heavy atom. The van der Waals surface area contributed by atoms with E-state index in [9.17, 15) is 9.59 Å². The molecule has 3 N–H and O–H groups in total. The number of urea groups is 1. The molecule has 0 saturated carbocycles. The van der Waals surface area contributed by atoms with Crippen molar-refractivity contribution in [2.75, 3.05) is 17.2 Å². The molecule has 2 aromatic rings. The first-order valence-corrected chi connectivity index (χ1v) is 9.25. The van der Waals surface area contributed by atoms with Crippen LogP contribution in [0.4, 0.5) is 16.2 Å². The molecule has 0 aliphatic rings. The molecule has 0 radical (unpaired) electrons. The zero-order valence-electron chi connectivity index (χ0n) is 16.7. The topological polar surface area (TPSA) is 88.0 Å². The molecular weight excluding hydrogens is 342 g/mol. The average molecular weight is 371 g/mol. The van der Waals surface area contributed by atoms with Crippen LogP contribution in [-0.2, 0) is 11.3 Å². The van der Waals surface area contributed by atoms with E-state index >= 15 is 0 Å². The normalized spacial score (nSPS) is 11.7. The number of nitrogens with one attached hydrogen (secondary N) is 3. The lowest BCUT2D eigenvalue weighted by atomic mass is 10.1. The van der Waals surface area contributed by atoms with Crippen molar-refractivity contribution in [3.63, 3.8) is 0 Å². The molecule has 0 fully saturated rings. The van der Waals surface area contributed by atoms with Crippen LogP contribution < -0.4 is 16.0 Å². The summed E-state index contributed by atoms with van der Waals surface area (Å²) < 4.78 is 1.96. The largest absolute Gasteiger partial charge is 0.338 e. The van der Waals surface area contributed by atoms with Crippen molar-refractivity contribution in [2.45, 2.75) is 47.6 Å². The van der Waals surface area contributed by atoms with Gasteiger partial charge in [-0.05, 0) is 56.5 Å². The minimum atomic E-state index is -0.250. The summed E-state index contributed by atoms with van der Waals surface area (Å²) in [7, 11) is 0. The third kappa shape index (κ3) is 6.13. The maximum Gasteiger partial charge on any atom is 0.319 e. The number of hydrogen-bond acceptors (Lipinski definition) is 3. The summed E-state index contributed by atoms with van der Waals surface area (Å²) in [6.45, 7) is 11.1. The molecular formula is C20H29N5O2. The van der Waals surface area contributed by atoms with Crippen LogP contribution in [0.15, 0.2) is 24.3 Å². The first-order valence-electron chi connectivity index (χ1n) is 9.25. The zero-order chi connectivity index (χ0) is 20.0. The summed E-state index contributed by atoms with van der Waals surface area (Å²) in [5.41, 5.74) is 4.46. The zero-order valence-corrected chi connectivity index (χ0v) is 16.7. The number of carbonyl (C=O) groups is 2. The van der Waals surface area contributed by atoms with Gasteiger partial charge in [-0.15, -0.1) is 0 Å². The van der Waals surface area contributed by atoms with Crippen LogP contribution in [0.3, 0.4) is 0 Å². The Morgan fingerprint density at radius 1 is 1.15 bits per heavy atom. The van der Waals surface area contributed by atoms with Gasteiger partial charge in [0.05, 0.1) is 5.69 Å². The van der Waals surface area contributed by atoms with E-state index in [1.165, 1.54) is 0 Å². The molecule has 7 heteroatoms. The number of aromatic nitrogens is 2. The van der Waals surface area contributed by atoms with Gasteiger partial charge in [0.25, 0.3) is 0 Å². The van der Waals surface area contributed by atoms with Crippen molar-refractivity contribution in [3.05, 3.63) is 41.2 Å². The minimum Gasteiger partial charge on any atom is -0.338 e. The maximum absolute atomic E-state index is 12.1. The van der Waals surface area contributed by atoms with Crippen molar-refractivity contribution < 1.29 is 9.59 Å². The summed E-state index contributed by atoms with van der Waals surface area (Å²) in [6.07, 6.45) is 0.428. The monoisotopic (exact) mass is 371 g/mol. The molecule has 0 unspecified atom stereocenters. The number of amides is 3. The van der Waals surface area contributed by atoms with Crippen LogP contribution in [0.5, 0.6) is 0 Å². The summed E-state index contributed by atoms with van der Waals surface area (Å²) in [5.74, 6) is 0.218. The lowest BCUT2D eigenvalue weighted by Crippen LogP contribution is -2.33. The number of hydrogen-bond donors (Lipinski definition) is 3. The number of aryl methyl sites for hydroxylation is 3. The Morgan fingerprint density at radius 3 is 2.48 bits per heavy atom. The average Bonchev–Trinajstić information content (AvgIpc) is 2.92. The first-order chi connectivity index (χ1) is 12.8. The van der Waals surface area contributed by atoms with Gasteiger partial charge in [-0.1, -0.05) is 13.8 Å². The van der Waals surface area contributed by atoms with Gasteiger partial charge in [0.2, 0.25) is 5.91 Å². The fourth-order valence-electron chi connectivity index (χ4n) is 2.78. The van der Waals surface area contributed by atoms with E-state index in [2.05, 4.69) is 28.0 Å². The van der Waals surface area contributed by atoms with Gasteiger partial charge in [-0.2, -0.15) is 5.10 Å². The standard InChI is InChI=1S/C20H29N5O2/c1-6-19(26)23-18-8-7-17(9-14(18)3)22-20(27)21-11-13(2)12-25-16(5)10-15(4)24-25/h7-10,13H,6,11-12H2,1-5H3,(H,23,26)(H2,21,22,27)/t13-/m0/s1. The quantitative estimate of drug-likeness (QED) is 0.695. The van der Waals surface area contributed by atoms with Gasteiger partial charge in [0, 0.05) is 36.6 Å². The third-order valence-corrected chi connectivity index (χ3v) is 4.28. The highest BCUT2D eigenvalue weighted by atomic mass is 16.2. The number of carbonyl (C=O) groups excluding carboxylic acids is 2. The molecule has 0 aliphatic heterocycles. The summed E-state index contributed by atoms with van der Waals surface area (Å²) in [6, 6.07) is 7.20. The molecule has 146 valence electrons. The number of anilines is 2. The second-order valence-corrected chi connectivity index (χ2v) is 6.98. The van der Waals surface area contributed by atoms with Crippen LogP contribution in [0.25, 0.3) is 0 Å². The molecule has 1 heterocycles. The fraction of sp³-hybridized carbons (Fsp3) is 0.450. The third-order valence-electron chi connectivity index (χ3n) is 4.28. The summed E-state index contributed by atoms with van der Waals surface area (Å²) >= 11 is 0. The molecule has 0 aliphatic carbocycles. The van der Waals surface area contributed by atoms with E-state index in [1.54, 1.807) is 19.1 Å². The highest BCUT2D eigenvalue weighted by Gasteiger charge is 2.10. The molecule has 0 bridgehead atoms. The number of rotatable bonds is 7. The second kappa shape index (κ2) is 9.21. The minimum absolute atomic E-state index is 0.0341. The van der Waals surface area contributed by atoms with Gasteiger partial charge < -0.3 is 16.0 Å². The van der Waals surface area contributed by atoms with Crippen molar-refractivity contribution >= 4 is 23.3 Å². The van der Waals surface area contributed by atoms with E-state index < -0.39 is 0 Å². The van der Waals surface area contributed by atoms with Gasteiger partial charge in [0.15, 0.2) is 0 Å². The van der Waals surface area contributed by atoms with Gasteiger partial charge in [0.1, 0.15) is 0 Å². The van der Waals surface area contributed by atoms with Crippen LogP contribution in [-0.4, -0.2) is 28.3 Å². The Hall–Kier alpha value is -2.83. The van der Waals surface area contributed by atoms with Crippen LogP contribution in [0, 0.1) is 26.7 Å². The molecule has 2 rings (SSSR count). The smallest absolute Gasteiger partial charge is 0.319 e. The van der Waals surface area contributed by atoms with Gasteiger partial charge in [-0.25, -0.2) is 4.79 Å². The van der Waals surface area contributed by atoms with E-state index in [4.69, 9.17) is 0 Å². The molecule has 1 aromatic carbocycles. The molecule has 0 saturated heterocycles. The Labute approximate surface area is 160 Å². The van der Waals surface area contributed by atoms with Gasteiger partial charge >= 0.3 is 6.03 Å². The molecule has 27 heavy (non-hydrogen) atoms. The summed E-state index contributed by atoms with van der Waals surface area (Å²) in [5, 5.41) is 13.0. The molecule has 3 amide bonds. The number of nitrogens with zero attached hydrogens (tertiary/aromatic N) is 2. The molecule has 1 aromatic heterocycles. The van der Waals surface area contributed by atoms with Crippen molar-refractivity contribution in [3.8, 4) is 0 Å².